The lowest BCUT2D eigenvalue weighted by Gasteiger charge is -2.14. The highest BCUT2D eigenvalue weighted by molar-refractivity contribution is 5.09. The summed E-state index contributed by atoms with van der Waals surface area (Å²) >= 11 is 0. The van der Waals surface area contributed by atoms with Crippen molar-refractivity contribution in [2.75, 3.05) is 0 Å². The third-order valence-electron chi connectivity index (χ3n) is 3.31. The molecule has 0 amide bonds. The van der Waals surface area contributed by atoms with Crippen molar-refractivity contribution in [3.05, 3.63) is 54.4 Å². The summed E-state index contributed by atoms with van der Waals surface area (Å²) in [6.07, 6.45) is 9.42. The van der Waals surface area contributed by atoms with Crippen molar-refractivity contribution < 1.29 is 0 Å². The first-order valence-electron chi connectivity index (χ1n) is 6.44. The third-order valence-corrected chi connectivity index (χ3v) is 3.31. The maximum atomic E-state index is 4.40. The predicted octanol–water partition coefficient (Wildman–Crippen LogP) is 3.56. The molecular weight excluding hydrogens is 222 g/mol. The molecule has 0 spiro atoms. The molecule has 18 heavy (non-hydrogen) atoms. The summed E-state index contributed by atoms with van der Waals surface area (Å²) in [6.45, 7) is 4.43. The van der Waals surface area contributed by atoms with Gasteiger partial charge in [0.1, 0.15) is 0 Å². The highest BCUT2D eigenvalue weighted by Crippen LogP contribution is 2.25. The van der Waals surface area contributed by atoms with Crippen molar-refractivity contribution >= 4 is 0 Å². The fraction of sp³-hybridized carbons (Fsp3) is 0.400. The van der Waals surface area contributed by atoms with Crippen molar-refractivity contribution in [3.8, 4) is 0 Å². The maximum absolute atomic E-state index is 4.40. The molecule has 0 aliphatic carbocycles. The van der Waals surface area contributed by atoms with E-state index in [4.69, 9.17) is 0 Å². The number of aromatic nitrogens is 3. The molecule has 2 aromatic rings. The second-order valence-corrected chi connectivity index (χ2v) is 4.76. The minimum absolute atomic E-state index is 0.449. The molecule has 2 heterocycles. The lowest BCUT2D eigenvalue weighted by molar-refractivity contribution is 0.556. The second-order valence-electron chi connectivity index (χ2n) is 4.76. The van der Waals surface area contributed by atoms with Crippen LogP contribution >= 0.6 is 0 Å². The van der Waals surface area contributed by atoms with Crippen LogP contribution in [-0.2, 0) is 0 Å². The average Bonchev–Trinajstić information content (AvgIpc) is 2.46. The maximum Gasteiger partial charge on any atom is 0.0614 e. The summed E-state index contributed by atoms with van der Waals surface area (Å²) < 4.78 is 0. The van der Waals surface area contributed by atoms with Gasteiger partial charge in [0.25, 0.3) is 0 Å². The van der Waals surface area contributed by atoms with Crippen LogP contribution in [-0.4, -0.2) is 15.0 Å². The lowest BCUT2D eigenvalue weighted by Crippen LogP contribution is -2.02. The zero-order chi connectivity index (χ0) is 12.8. The van der Waals surface area contributed by atoms with Crippen LogP contribution in [0.4, 0.5) is 0 Å². The van der Waals surface area contributed by atoms with Gasteiger partial charge >= 0.3 is 0 Å². The number of hydrogen-bond acceptors (Lipinski definition) is 3. The Morgan fingerprint density at radius 1 is 0.889 bits per heavy atom. The molecule has 2 atom stereocenters. The average molecular weight is 241 g/mol. The van der Waals surface area contributed by atoms with Gasteiger partial charge in [0.2, 0.25) is 0 Å². The molecule has 94 valence electrons. The molecule has 3 nitrogen and oxygen atoms in total. The number of pyridine rings is 1. The first kappa shape index (κ1) is 12.7. The van der Waals surface area contributed by atoms with Crippen LogP contribution in [0, 0.1) is 0 Å². The van der Waals surface area contributed by atoms with E-state index in [1.54, 1.807) is 12.4 Å². The number of rotatable bonds is 5. The van der Waals surface area contributed by atoms with Crippen LogP contribution in [0.25, 0.3) is 0 Å². The van der Waals surface area contributed by atoms with E-state index >= 15 is 0 Å². The van der Waals surface area contributed by atoms with Gasteiger partial charge in [-0.05, 0) is 36.8 Å². The SMILES string of the molecule is CC(CCC(C)c1cnccn1)c1ccccn1. The Kier molecular flexibility index (Phi) is 4.40. The largest absolute Gasteiger partial charge is 0.261 e. The molecule has 0 N–H and O–H groups in total. The third kappa shape index (κ3) is 3.36. The van der Waals surface area contributed by atoms with E-state index in [9.17, 15) is 0 Å². The van der Waals surface area contributed by atoms with E-state index in [1.807, 2.05) is 24.5 Å². The first-order valence-corrected chi connectivity index (χ1v) is 6.44. The molecule has 0 fully saturated rings. The molecule has 2 aromatic heterocycles. The molecule has 0 saturated heterocycles. The van der Waals surface area contributed by atoms with Crippen LogP contribution in [0.1, 0.15) is 49.9 Å². The van der Waals surface area contributed by atoms with E-state index in [0.717, 1.165) is 18.5 Å². The van der Waals surface area contributed by atoms with Gasteiger partial charge in [-0.25, -0.2) is 0 Å². The molecule has 3 heteroatoms. The second kappa shape index (κ2) is 6.24. The standard InChI is InChI=1S/C15H19N3/c1-12(14-5-3-4-8-17-14)6-7-13(2)15-11-16-9-10-18-15/h3-5,8-13H,6-7H2,1-2H3. The normalized spacial score (nSPS) is 14.1. The molecule has 2 unspecified atom stereocenters. The van der Waals surface area contributed by atoms with Crippen LogP contribution in [0.15, 0.2) is 43.0 Å². The highest BCUT2D eigenvalue weighted by atomic mass is 14.8. The summed E-state index contributed by atoms with van der Waals surface area (Å²) in [5.74, 6) is 0.940. The van der Waals surface area contributed by atoms with Gasteiger partial charge in [0.15, 0.2) is 0 Å². The van der Waals surface area contributed by atoms with Gasteiger partial charge in [-0.1, -0.05) is 19.9 Å². The van der Waals surface area contributed by atoms with E-state index in [0.29, 0.717) is 11.8 Å². The monoisotopic (exact) mass is 241 g/mol. The lowest BCUT2D eigenvalue weighted by atomic mass is 9.94. The quantitative estimate of drug-likeness (QED) is 0.803. The van der Waals surface area contributed by atoms with Gasteiger partial charge < -0.3 is 0 Å². The Morgan fingerprint density at radius 2 is 1.61 bits per heavy atom. The molecule has 0 aromatic carbocycles. The molecule has 0 radical (unpaired) electrons. The number of hydrogen-bond donors (Lipinski definition) is 0. The van der Waals surface area contributed by atoms with Gasteiger partial charge in [-0.2, -0.15) is 0 Å². The van der Waals surface area contributed by atoms with Crippen molar-refractivity contribution in [1.29, 1.82) is 0 Å². The Balaban J connectivity index is 1.89. The Labute approximate surface area is 108 Å². The van der Waals surface area contributed by atoms with E-state index < -0.39 is 0 Å². The van der Waals surface area contributed by atoms with Crippen LogP contribution < -0.4 is 0 Å². The summed E-state index contributed by atoms with van der Waals surface area (Å²) in [7, 11) is 0. The molecule has 0 aliphatic rings. The fourth-order valence-corrected chi connectivity index (χ4v) is 2.03. The van der Waals surface area contributed by atoms with Crippen molar-refractivity contribution in [3.63, 3.8) is 0 Å². The van der Waals surface area contributed by atoms with Crippen LogP contribution in [0.5, 0.6) is 0 Å². The van der Waals surface area contributed by atoms with E-state index in [1.165, 1.54) is 5.69 Å². The van der Waals surface area contributed by atoms with Gasteiger partial charge in [-0.3, -0.25) is 15.0 Å². The molecular formula is C15H19N3. The minimum Gasteiger partial charge on any atom is -0.261 e. The molecule has 0 aliphatic heterocycles. The zero-order valence-electron chi connectivity index (χ0n) is 11.0. The van der Waals surface area contributed by atoms with E-state index in [2.05, 4.69) is 34.9 Å². The van der Waals surface area contributed by atoms with Gasteiger partial charge in [0.05, 0.1) is 5.69 Å². The molecule has 0 saturated carbocycles. The predicted molar refractivity (Wildman–Crippen MR) is 72.3 cm³/mol. The van der Waals surface area contributed by atoms with Crippen LogP contribution in [0.2, 0.25) is 0 Å². The highest BCUT2D eigenvalue weighted by Gasteiger charge is 2.11. The summed E-state index contributed by atoms with van der Waals surface area (Å²) in [4.78, 5) is 12.9. The zero-order valence-corrected chi connectivity index (χ0v) is 11.0. The topological polar surface area (TPSA) is 38.7 Å². The molecule has 0 bridgehead atoms. The van der Waals surface area contributed by atoms with Gasteiger partial charge in [-0.15, -0.1) is 0 Å². The summed E-state index contributed by atoms with van der Waals surface area (Å²) in [5.41, 5.74) is 2.24. The summed E-state index contributed by atoms with van der Waals surface area (Å²) in [5, 5.41) is 0. The van der Waals surface area contributed by atoms with Crippen molar-refractivity contribution in [2.45, 2.75) is 38.5 Å². The van der Waals surface area contributed by atoms with Crippen LogP contribution in [0.3, 0.4) is 0 Å². The smallest absolute Gasteiger partial charge is 0.0614 e. The first-order chi connectivity index (χ1) is 8.77. The number of nitrogens with zero attached hydrogens (tertiary/aromatic N) is 3. The van der Waals surface area contributed by atoms with Crippen molar-refractivity contribution in [1.82, 2.24) is 15.0 Å². The van der Waals surface area contributed by atoms with Crippen molar-refractivity contribution in [2.24, 2.45) is 0 Å². The summed E-state index contributed by atoms with van der Waals surface area (Å²) in [6, 6.07) is 6.10. The Hall–Kier alpha value is -1.77. The minimum atomic E-state index is 0.449. The van der Waals surface area contributed by atoms with Gasteiger partial charge in [0, 0.05) is 30.5 Å². The Morgan fingerprint density at radius 3 is 2.22 bits per heavy atom. The Bertz CT molecular complexity index is 410. The molecule has 2 rings (SSSR count). The van der Waals surface area contributed by atoms with E-state index in [-0.39, 0.29) is 0 Å². The fourth-order valence-electron chi connectivity index (χ4n) is 2.03.